The number of carbonyl (C=O) groups is 1. The van der Waals surface area contributed by atoms with E-state index in [1.165, 1.54) is 0 Å². The topological polar surface area (TPSA) is 34.0 Å². The van der Waals surface area contributed by atoms with E-state index < -0.39 is 28.9 Å². The molecule has 0 aliphatic carbocycles. The summed E-state index contributed by atoms with van der Waals surface area (Å²) in [6.07, 6.45) is 0.546. The van der Waals surface area contributed by atoms with Gasteiger partial charge in [0, 0.05) is 30.2 Å². The normalized spacial score (nSPS) is 11.1. The summed E-state index contributed by atoms with van der Waals surface area (Å²) in [4.78, 5) is 12.0. The van der Waals surface area contributed by atoms with E-state index in [9.17, 15) is 18.0 Å². The number of nitrogens with zero attached hydrogens (tertiary/aromatic N) is 1. The minimum Gasteiger partial charge on any atom is -0.352 e. The Morgan fingerprint density at radius 1 is 1.08 bits per heavy atom. The third kappa shape index (κ3) is 2.99. The van der Waals surface area contributed by atoms with Gasteiger partial charge in [0.15, 0.2) is 17.5 Å². The van der Waals surface area contributed by atoms with E-state index in [0.717, 1.165) is 34.3 Å². The van der Waals surface area contributed by atoms with E-state index in [1.54, 1.807) is 0 Å². The minimum absolute atomic E-state index is 0.256. The predicted octanol–water partition coefficient (Wildman–Crippen LogP) is 3.88. The van der Waals surface area contributed by atoms with Crippen molar-refractivity contribution in [2.45, 2.75) is 13.3 Å². The van der Waals surface area contributed by atoms with Crippen LogP contribution in [0.5, 0.6) is 0 Å². The lowest BCUT2D eigenvalue weighted by Gasteiger charge is -2.08. The predicted molar refractivity (Wildman–Crippen MR) is 90.0 cm³/mol. The standard InChI is InChI=1S/C19H17F3N2O/c1-11-12(13-5-3-4-6-16(13)24(11)2)9-10-23-19(25)14-7-8-15(20)18(22)17(14)21/h3-8H,9-10H2,1-2H3,(H,23,25). The van der Waals surface area contributed by atoms with Gasteiger partial charge in [-0.25, -0.2) is 13.2 Å². The largest absolute Gasteiger partial charge is 0.352 e. The van der Waals surface area contributed by atoms with Crippen molar-refractivity contribution >= 4 is 16.8 Å². The second-order valence-corrected chi connectivity index (χ2v) is 5.87. The molecule has 3 aromatic rings. The second kappa shape index (κ2) is 6.63. The van der Waals surface area contributed by atoms with Crippen molar-refractivity contribution in [2.75, 3.05) is 6.54 Å². The first-order valence-corrected chi connectivity index (χ1v) is 7.86. The van der Waals surface area contributed by atoms with Gasteiger partial charge in [-0.15, -0.1) is 0 Å². The van der Waals surface area contributed by atoms with E-state index in [0.29, 0.717) is 6.42 Å². The molecule has 0 fully saturated rings. The molecule has 1 N–H and O–H groups in total. The van der Waals surface area contributed by atoms with E-state index in [-0.39, 0.29) is 6.54 Å². The maximum atomic E-state index is 13.7. The molecule has 3 rings (SSSR count). The first-order valence-electron chi connectivity index (χ1n) is 7.86. The van der Waals surface area contributed by atoms with Crippen LogP contribution in [0.1, 0.15) is 21.6 Å². The van der Waals surface area contributed by atoms with Crippen molar-refractivity contribution in [3.05, 3.63) is 70.7 Å². The molecule has 0 saturated carbocycles. The lowest BCUT2D eigenvalue weighted by atomic mass is 10.1. The number of aryl methyl sites for hydroxylation is 1. The molecule has 0 spiro atoms. The molecule has 0 atom stereocenters. The monoisotopic (exact) mass is 346 g/mol. The van der Waals surface area contributed by atoms with Crippen LogP contribution in [-0.2, 0) is 13.5 Å². The maximum Gasteiger partial charge on any atom is 0.254 e. The van der Waals surface area contributed by atoms with Crippen molar-refractivity contribution in [1.29, 1.82) is 0 Å². The van der Waals surface area contributed by atoms with Crippen LogP contribution in [0, 0.1) is 24.4 Å². The molecular weight excluding hydrogens is 329 g/mol. The fourth-order valence-electron chi connectivity index (χ4n) is 3.01. The fourth-order valence-corrected chi connectivity index (χ4v) is 3.01. The van der Waals surface area contributed by atoms with Crippen LogP contribution >= 0.6 is 0 Å². The lowest BCUT2D eigenvalue weighted by molar-refractivity contribution is 0.0949. The summed E-state index contributed by atoms with van der Waals surface area (Å²) in [6.45, 7) is 2.25. The molecule has 1 heterocycles. The molecule has 1 aromatic heterocycles. The highest BCUT2D eigenvalue weighted by Crippen LogP contribution is 2.25. The van der Waals surface area contributed by atoms with E-state index in [2.05, 4.69) is 9.88 Å². The third-order valence-electron chi connectivity index (χ3n) is 4.47. The highest BCUT2D eigenvalue weighted by molar-refractivity contribution is 5.94. The van der Waals surface area contributed by atoms with Crippen molar-refractivity contribution in [2.24, 2.45) is 7.05 Å². The molecule has 0 unspecified atom stereocenters. The Hall–Kier alpha value is -2.76. The van der Waals surface area contributed by atoms with Crippen LogP contribution in [0.4, 0.5) is 13.2 Å². The highest BCUT2D eigenvalue weighted by Gasteiger charge is 2.19. The van der Waals surface area contributed by atoms with E-state index >= 15 is 0 Å². The summed E-state index contributed by atoms with van der Waals surface area (Å²) in [5.74, 6) is -5.20. The van der Waals surface area contributed by atoms with Gasteiger partial charge in [-0.3, -0.25) is 4.79 Å². The Labute approximate surface area is 143 Å². The molecule has 3 nitrogen and oxygen atoms in total. The van der Waals surface area contributed by atoms with Crippen molar-refractivity contribution in [3.8, 4) is 0 Å². The summed E-state index contributed by atoms with van der Waals surface area (Å²) >= 11 is 0. The molecule has 2 aromatic carbocycles. The van der Waals surface area contributed by atoms with Crippen LogP contribution < -0.4 is 5.32 Å². The molecule has 1 amide bonds. The maximum absolute atomic E-state index is 13.7. The Balaban J connectivity index is 1.75. The van der Waals surface area contributed by atoms with Crippen LogP contribution in [0.3, 0.4) is 0 Å². The van der Waals surface area contributed by atoms with Crippen molar-refractivity contribution < 1.29 is 18.0 Å². The third-order valence-corrected chi connectivity index (χ3v) is 4.47. The van der Waals surface area contributed by atoms with Crippen LogP contribution in [0.2, 0.25) is 0 Å². The summed E-state index contributed by atoms with van der Waals surface area (Å²) in [5.41, 5.74) is 2.75. The number of nitrogens with one attached hydrogen (secondary N) is 1. The number of hydrogen-bond donors (Lipinski definition) is 1. The van der Waals surface area contributed by atoms with Gasteiger partial charge in [-0.2, -0.15) is 0 Å². The molecule has 130 valence electrons. The fraction of sp³-hybridized carbons (Fsp3) is 0.211. The second-order valence-electron chi connectivity index (χ2n) is 5.87. The molecule has 0 bridgehead atoms. The van der Waals surface area contributed by atoms with Crippen molar-refractivity contribution in [1.82, 2.24) is 9.88 Å². The van der Waals surface area contributed by atoms with E-state index in [4.69, 9.17) is 0 Å². The van der Waals surface area contributed by atoms with Gasteiger partial charge in [0.05, 0.1) is 5.56 Å². The zero-order valence-corrected chi connectivity index (χ0v) is 13.9. The number of hydrogen-bond acceptors (Lipinski definition) is 1. The molecule has 0 radical (unpaired) electrons. The molecule has 25 heavy (non-hydrogen) atoms. The molecular formula is C19H17F3N2O. The quantitative estimate of drug-likeness (QED) is 0.715. The van der Waals surface area contributed by atoms with Crippen molar-refractivity contribution in [3.63, 3.8) is 0 Å². The SMILES string of the molecule is Cc1c(CCNC(=O)c2ccc(F)c(F)c2F)c2ccccc2n1C. The van der Waals surface area contributed by atoms with Gasteiger partial charge in [0.2, 0.25) is 0 Å². The summed E-state index contributed by atoms with van der Waals surface area (Å²) in [5, 5.41) is 3.65. The van der Waals surface area contributed by atoms with Gasteiger partial charge >= 0.3 is 0 Å². The van der Waals surface area contributed by atoms with Gasteiger partial charge < -0.3 is 9.88 Å². The Bertz CT molecular complexity index is 963. The smallest absolute Gasteiger partial charge is 0.254 e. The number of amides is 1. The Morgan fingerprint density at radius 2 is 1.80 bits per heavy atom. The number of aromatic nitrogens is 1. The number of halogens is 3. The van der Waals surface area contributed by atoms with Gasteiger partial charge in [0.1, 0.15) is 0 Å². The Kier molecular flexibility index (Phi) is 4.53. The zero-order valence-electron chi connectivity index (χ0n) is 13.9. The highest BCUT2D eigenvalue weighted by atomic mass is 19.2. The first-order chi connectivity index (χ1) is 11.9. The summed E-state index contributed by atoms with van der Waals surface area (Å²) in [7, 11) is 1.97. The van der Waals surface area contributed by atoms with Gasteiger partial charge in [-0.05, 0) is 37.1 Å². The number of fused-ring (bicyclic) bond motifs is 1. The zero-order chi connectivity index (χ0) is 18.1. The van der Waals surface area contributed by atoms with Gasteiger partial charge in [0.25, 0.3) is 5.91 Å². The Morgan fingerprint density at radius 3 is 2.56 bits per heavy atom. The summed E-state index contributed by atoms with van der Waals surface area (Å²) < 4.78 is 41.9. The average Bonchev–Trinajstić information content (AvgIpc) is 2.85. The minimum atomic E-state index is -1.64. The van der Waals surface area contributed by atoms with Crippen LogP contribution in [0.15, 0.2) is 36.4 Å². The summed E-state index contributed by atoms with van der Waals surface area (Å²) in [6, 6.07) is 9.60. The molecule has 0 aliphatic heterocycles. The van der Waals surface area contributed by atoms with Crippen LogP contribution in [0.25, 0.3) is 10.9 Å². The van der Waals surface area contributed by atoms with Gasteiger partial charge in [-0.1, -0.05) is 18.2 Å². The first kappa shape index (κ1) is 17.1. The lowest BCUT2D eigenvalue weighted by Crippen LogP contribution is -2.27. The number of rotatable bonds is 4. The number of carbonyl (C=O) groups excluding carboxylic acids is 1. The average molecular weight is 346 g/mol. The van der Waals surface area contributed by atoms with Crippen LogP contribution in [-0.4, -0.2) is 17.0 Å². The molecule has 0 aliphatic rings. The van der Waals surface area contributed by atoms with E-state index in [1.807, 2.05) is 38.2 Å². The number of para-hydroxylation sites is 1. The molecule has 0 saturated heterocycles. The molecule has 6 heteroatoms. The number of benzene rings is 2.